The molecule has 106 valence electrons. The monoisotopic (exact) mass is 291 g/mol. The summed E-state index contributed by atoms with van der Waals surface area (Å²) in [5, 5.41) is 9.10. The Labute approximate surface area is 119 Å². The lowest BCUT2D eigenvalue weighted by Crippen LogP contribution is -1.92. The highest BCUT2D eigenvalue weighted by molar-refractivity contribution is 7.57. The summed E-state index contributed by atoms with van der Waals surface area (Å²) in [7, 11) is -3.26. The van der Waals surface area contributed by atoms with Gasteiger partial charge in [-0.2, -0.15) is 5.26 Å². The fourth-order valence-electron chi connectivity index (χ4n) is 1.50. The first-order chi connectivity index (χ1) is 9.63. The molecule has 5 heteroatoms. The second kappa shape index (κ2) is 8.50. The molecule has 0 saturated heterocycles. The van der Waals surface area contributed by atoms with Crippen molar-refractivity contribution in [1.29, 1.82) is 5.26 Å². The smallest absolute Gasteiger partial charge is 0.306 e. The Hall–Kier alpha value is -1.66. The first-order valence-electron chi connectivity index (χ1n) is 6.38. The van der Waals surface area contributed by atoms with E-state index in [0.29, 0.717) is 5.57 Å². The maximum atomic E-state index is 12.2. The van der Waals surface area contributed by atoms with Crippen molar-refractivity contribution in [2.45, 2.75) is 13.8 Å². The van der Waals surface area contributed by atoms with Crippen LogP contribution in [0.25, 0.3) is 6.08 Å². The third-order valence-electron chi connectivity index (χ3n) is 2.31. The molecule has 0 N–H and O–H groups in total. The Balaban J connectivity index is 2.92. The number of rotatable bonds is 7. The van der Waals surface area contributed by atoms with E-state index in [2.05, 4.69) is 0 Å². The number of hydrogen-bond donors (Lipinski definition) is 0. The Morgan fingerprint density at radius 1 is 1.25 bits per heavy atom. The average Bonchev–Trinajstić information content (AvgIpc) is 2.45. The van der Waals surface area contributed by atoms with E-state index in [4.69, 9.17) is 14.3 Å². The topological polar surface area (TPSA) is 59.3 Å². The van der Waals surface area contributed by atoms with Crippen molar-refractivity contribution in [2.24, 2.45) is 0 Å². The molecular weight excluding hydrogens is 273 g/mol. The molecule has 1 aromatic carbocycles. The predicted octanol–water partition coefficient (Wildman–Crippen LogP) is 4.37. The maximum absolute atomic E-state index is 12.2. The van der Waals surface area contributed by atoms with Crippen LogP contribution in [0.4, 0.5) is 0 Å². The number of allylic oxidation sites excluding steroid dienone is 2. The molecule has 0 amide bonds. The lowest BCUT2D eigenvalue weighted by molar-refractivity contribution is 0.229. The number of nitriles is 1. The van der Waals surface area contributed by atoms with Crippen molar-refractivity contribution in [2.75, 3.05) is 13.2 Å². The van der Waals surface area contributed by atoms with Crippen LogP contribution in [0.2, 0.25) is 0 Å². The van der Waals surface area contributed by atoms with Gasteiger partial charge in [-0.1, -0.05) is 30.3 Å². The van der Waals surface area contributed by atoms with Gasteiger partial charge in [0.25, 0.3) is 0 Å². The van der Waals surface area contributed by atoms with E-state index < -0.39 is 7.60 Å². The van der Waals surface area contributed by atoms with Gasteiger partial charge in [0.15, 0.2) is 0 Å². The van der Waals surface area contributed by atoms with Crippen LogP contribution in [0.15, 0.2) is 47.8 Å². The summed E-state index contributed by atoms with van der Waals surface area (Å²) in [5.74, 6) is 1.33. The molecule has 0 aliphatic rings. The van der Waals surface area contributed by atoms with Crippen LogP contribution < -0.4 is 0 Å². The summed E-state index contributed by atoms with van der Waals surface area (Å²) < 4.78 is 22.5. The molecule has 1 rings (SSSR count). The van der Waals surface area contributed by atoms with E-state index in [1.165, 1.54) is 11.9 Å². The highest BCUT2D eigenvalue weighted by atomic mass is 31.2. The molecule has 0 unspecified atom stereocenters. The SMILES string of the molecule is CCOP(=O)(/C=C/C(C#N)=C/c1ccccc1)OCC. The third-order valence-corrected chi connectivity index (χ3v) is 4.06. The van der Waals surface area contributed by atoms with Gasteiger partial charge in [0.2, 0.25) is 0 Å². The first-order valence-corrected chi connectivity index (χ1v) is 7.99. The summed E-state index contributed by atoms with van der Waals surface area (Å²) in [6.45, 7) is 4.05. The van der Waals surface area contributed by atoms with Crippen molar-refractivity contribution >= 4 is 13.7 Å². The number of hydrogen-bond acceptors (Lipinski definition) is 4. The van der Waals surface area contributed by atoms with E-state index in [0.717, 1.165) is 5.56 Å². The van der Waals surface area contributed by atoms with Gasteiger partial charge in [-0.05, 0) is 31.6 Å². The zero-order chi connectivity index (χ0) is 14.8. The third kappa shape index (κ3) is 5.54. The predicted molar refractivity (Wildman–Crippen MR) is 80.0 cm³/mol. The summed E-state index contributed by atoms with van der Waals surface area (Å²) in [6, 6.07) is 11.5. The van der Waals surface area contributed by atoms with Gasteiger partial charge in [0, 0.05) is 5.82 Å². The van der Waals surface area contributed by atoms with Crippen LogP contribution in [-0.4, -0.2) is 13.2 Å². The maximum Gasteiger partial charge on any atom is 0.354 e. The summed E-state index contributed by atoms with van der Waals surface area (Å²) in [6.07, 6.45) is 3.18. The minimum absolute atomic E-state index is 0.284. The van der Waals surface area contributed by atoms with Gasteiger partial charge < -0.3 is 9.05 Å². The molecular formula is C15H18NO3P. The minimum atomic E-state index is -3.26. The zero-order valence-electron chi connectivity index (χ0n) is 11.7. The molecule has 4 nitrogen and oxygen atoms in total. The van der Waals surface area contributed by atoms with Crippen LogP contribution in [0.1, 0.15) is 19.4 Å². The molecule has 0 fully saturated rings. The van der Waals surface area contributed by atoms with E-state index >= 15 is 0 Å². The zero-order valence-corrected chi connectivity index (χ0v) is 12.5. The molecule has 20 heavy (non-hydrogen) atoms. The Bertz CT molecular complexity index is 548. The van der Waals surface area contributed by atoms with Gasteiger partial charge in [-0.15, -0.1) is 0 Å². The summed E-state index contributed by atoms with van der Waals surface area (Å²) in [5.41, 5.74) is 1.28. The van der Waals surface area contributed by atoms with Gasteiger partial charge in [-0.25, -0.2) is 0 Å². The van der Waals surface area contributed by atoms with E-state index in [9.17, 15) is 4.57 Å². The van der Waals surface area contributed by atoms with Crippen LogP contribution in [0, 0.1) is 11.3 Å². The van der Waals surface area contributed by atoms with Crippen LogP contribution in [-0.2, 0) is 13.6 Å². The highest BCUT2D eigenvalue weighted by Crippen LogP contribution is 2.49. The van der Waals surface area contributed by atoms with Crippen LogP contribution in [0.5, 0.6) is 0 Å². The Kier molecular flexibility index (Phi) is 6.97. The quantitative estimate of drug-likeness (QED) is 0.425. The highest BCUT2D eigenvalue weighted by Gasteiger charge is 2.18. The van der Waals surface area contributed by atoms with Crippen molar-refractivity contribution < 1.29 is 13.6 Å². The molecule has 0 radical (unpaired) electrons. The molecule has 0 aromatic heterocycles. The fraction of sp³-hybridized carbons (Fsp3) is 0.267. The minimum Gasteiger partial charge on any atom is -0.306 e. The summed E-state index contributed by atoms with van der Waals surface area (Å²) >= 11 is 0. The van der Waals surface area contributed by atoms with Crippen molar-refractivity contribution in [3.8, 4) is 6.07 Å². The second-order valence-corrected chi connectivity index (χ2v) is 5.71. The molecule has 0 bridgehead atoms. The number of benzene rings is 1. The normalized spacial score (nSPS) is 12.6. The molecule has 0 aliphatic carbocycles. The van der Waals surface area contributed by atoms with E-state index in [1.807, 2.05) is 36.4 Å². The first kappa shape index (κ1) is 16.4. The second-order valence-electron chi connectivity index (χ2n) is 3.81. The van der Waals surface area contributed by atoms with Gasteiger partial charge >= 0.3 is 7.60 Å². The van der Waals surface area contributed by atoms with Gasteiger partial charge in [0.1, 0.15) is 0 Å². The molecule has 1 aromatic rings. The van der Waals surface area contributed by atoms with E-state index in [1.54, 1.807) is 19.9 Å². The lowest BCUT2D eigenvalue weighted by Gasteiger charge is -2.12. The average molecular weight is 291 g/mol. The molecule has 0 saturated carbocycles. The standard InChI is InChI=1S/C15H18NO3P/c1-3-18-20(17,19-4-2)11-10-15(13-16)12-14-8-6-5-7-9-14/h5-12H,3-4H2,1-2H3/b11-10+,15-12-. The van der Waals surface area contributed by atoms with Crippen LogP contribution >= 0.6 is 7.60 Å². The van der Waals surface area contributed by atoms with Gasteiger partial charge in [0.05, 0.1) is 24.9 Å². The Morgan fingerprint density at radius 3 is 2.35 bits per heavy atom. The van der Waals surface area contributed by atoms with Crippen molar-refractivity contribution in [3.63, 3.8) is 0 Å². The Morgan fingerprint density at radius 2 is 1.85 bits per heavy atom. The van der Waals surface area contributed by atoms with Gasteiger partial charge in [-0.3, -0.25) is 4.57 Å². The molecule has 0 heterocycles. The van der Waals surface area contributed by atoms with Crippen molar-refractivity contribution in [1.82, 2.24) is 0 Å². The molecule has 0 atom stereocenters. The lowest BCUT2D eigenvalue weighted by atomic mass is 10.1. The molecule has 0 aliphatic heterocycles. The number of nitrogens with zero attached hydrogens (tertiary/aromatic N) is 1. The largest absolute Gasteiger partial charge is 0.354 e. The van der Waals surface area contributed by atoms with Crippen LogP contribution in [0.3, 0.4) is 0 Å². The summed E-state index contributed by atoms with van der Waals surface area (Å²) in [4.78, 5) is 0. The van der Waals surface area contributed by atoms with E-state index in [-0.39, 0.29) is 13.2 Å². The molecule has 0 spiro atoms. The van der Waals surface area contributed by atoms with Crippen molar-refractivity contribution in [3.05, 3.63) is 53.4 Å². The fourth-order valence-corrected chi connectivity index (χ4v) is 2.81.